The predicted molar refractivity (Wildman–Crippen MR) is 72.5 cm³/mol. The van der Waals surface area contributed by atoms with Crippen molar-refractivity contribution in [2.24, 2.45) is 0 Å². The molecule has 4 heteroatoms. The number of aliphatic carboxylic acids is 1. The van der Waals surface area contributed by atoms with Gasteiger partial charge in [0.15, 0.2) is 0 Å². The molecule has 0 bridgehead atoms. The Morgan fingerprint density at radius 2 is 2.17 bits per heavy atom. The first kappa shape index (κ1) is 14.8. The van der Waals surface area contributed by atoms with Crippen LogP contribution in [-0.4, -0.2) is 17.7 Å². The molecular weight excluding hydrogens is 252 g/mol. The van der Waals surface area contributed by atoms with Crippen LogP contribution in [0.5, 0.6) is 5.75 Å². The summed E-state index contributed by atoms with van der Waals surface area (Å²) in [5.41, 5.74) is 1.96. The lowest BCUT2D eigenvalue weighted by molar-refractivity contribution is -0.137. The summed E-state index contributed by atoms with van der Waals surface area (Å²) in [5, 5.41) is 9.34. The number of hydrogen-bond donors (Lipinski definition) is 1. The zero-order valence-electron chi connectivity index (χ0n) is 10.8. The zero-order valence-corrected chi connectivity index (χ0v) is 11.6. The van der Waals surface area contributed by atoms with Crippen molar-refractivity contribution < 1.29 is 14.6 Å². The van der Waals surface area contributed by atoms with E-state index in [9.17, 15) is 4.79 Å². The molecule has 0 fully saturated rings. The molecule has 18 heavy (non-hydrogen) atoms. The molecule has 0 radical (unpaired) electrons. The first-order valence-electron chi connectivity index (χ1n) is 6.18. The molecule has 0 amide bonds. The summed E-state index contributed by atoms with van der Waals surface area (Å²) in [6.07, 6.45) is 2.37. The molecule has 3 nitrogen and oxygen atoms in total. The Kier molecular flexibility index (Phi) is 5.99. The quantitative estimate of drug-likeness (QED) is 0.819. The van der Waals surface area contributed by atoms with Gasteiger partial charge in [0.05, 0.1) is 6.61 Å². The van der Waals surface area contributed by atoms with Gasteiger partial charge in [-0.1, -0.05) is 18.5 Å². The number of aryl methyl sites for hydroxylation is 2. The van der Waals surface area contributed by atoms with Gasteiger partial charge in [0, 0.05) is 11.4 Å². The van der Waals surface area contributed by atoms with Crippen LogP contribution in [0, 0.1) is 6.92 Å². The van der Waals surface area contributed by atoms with Gasteiger partial charge in [-0.05, 0) is 49.4 Å². The van der Waals surface area contributed by atoms with Crippen LogP contribution in [0.25, 0.3) is 0 Å². The number of carbonyl (C=O) groups is 1. The highest BCUT2D eigenvalue weighted by atomic mass is 35.5. The van der Waals surface area contributed by atoms with Crippen LogP contribution in [-0.2, 0) is 11.2 Å². The van der Waals surface area contributed by atoms with Gasteiger partial charge in [-0.15, -0.1) is 0 Å². The number of benzene rings is 1. The van der Waals surface area contributed by atoms with Gasteiger partial charge >= 0.3 is 5.97 Å². The molecule has 0 saturated heterocycles. The van der Waals surface area contributed by atoms with Gasteiger partial charge in [-0.25, -0.2) is 0 Å². The number of ether oxygens (including phenoxy) is 1. The monoisotopic (exact) mass is 270 g/mol. The Morgan fingerprint density at radius 3 is 2.78 bits per heavy atom. The second-order valence-electron chi connectivity index (χ2n) is 4.30. The Hall–Kier alpha value is -1.22. The molecule has 1 rings (SSSR count). The van der Waals surface area contributed by atoms with Crippen LogP contribution in [0.2, 0.25) is 5.02 Å². The Labute approximate surface area is 113 Å². The third-order valence-electron chi connectivity index (χ3n) is 2.64. The normalized spacial score (nSPS) is 10.4. The maximum Gasteiger partial charge on any atom is 0.303 e. The van der Waals surface area contributed by atoms with Gasteiger partial charge in [-0.2, -0.15) is 0 Å². The third-order valence-corrected chi connectivity index (χ3v) is 3.05. The van der Waals surface area contributed by atoms with E-state index in [0.717, 1.165) is 23.3 Å². The lowest BCUT2D eigenvalue weighted by Crippen LogP contribution is -2.01. The van der Waals surface area contributed by atoms with Gasteiger partial charge in [0.1, 0.15) is 5.75 Å². The molecule has 0 aliphatic carbocycles. The molecule has 0 aliphatic rings. The highest BCUT2D eigenvalue weighted by molar-refractivity contribution is 6.31. The van der Waals surface area contributed by atoms with Crippen LogP contribution >= 0.6 is 11.6 Å². The maximum absolute atomic E-state index is 10.5. The first-order chi connectivity index (χ1) is 8.54. The van der Waals surface area contributed by atoms with Gasteiger partial charge in [0.25, 0.3) is 0 Å². The third kappa shape index (κ3) is 4.57. The van der Waals surface area contributed by atoms with E-state index in [-0.39, 0.29) is 6.42 Å². The number of hydrogen-bond acceptors (Lipinski definition) is 2. The summed E-state index contributed by atoms with van der Waals surface area (Å²) in [6.45, 7) is 4.64. The standard InChI is InChI=1S/C14H19ClO3/c1-3-7-18-13-8-10(2)12(15)9-11(13)5-4-6-14(16)17/h8-9H,3-7H2,1-2H3,(H,16,17). The van der Waals surface area contributed by atoms with Gasteiger partial charge < -0.3 is 9.84 Å². The summed E-state index contributed by atoms with van der Waals surface area (Å²) >= 11 is 6.09. The number of halogens is 1. The minimum Gasteiger partial charge on any atom is -0.493 e. The van der Waals surface area contributed by atoms with Crippen molar-refractivity contribution in [1.82, 2.24) is 0 Å². The summed E-state index contributed by atoms with van der Waals surface area (Å²) in [5.74, 6) is 0.0494. The molecule has 0 saturated carbocycles. The fourth-order valence-electron chi connectivity index (χ4n) is 1.67. The van der Waals surface area contributed by atoms with E-state index in [1.165, 1.54) is 0 Å². The molecular formula is C14H19ClO3. The minimum absolute atomic E-state index is 0.165. The van der Waals surface area contributed by atoms with Crippen LogP contribution in [0.3, 0.4) is 0 Å². The Morgan fingerprint density at radius 1 is 1.44 bits per heavy atom. The second kappa shape index (κ2) is 7.27. The SMILES string of the molecule is CCCOc1cc(C)c(Cl)cc1CCCC(=O)O. The van der Waals surface area contributed by atoms with E-state index in [4.69, 9.17) is 21.4 Å². The molecule has 0 unspecified atom stereocenters. The zero-order chi connectivity index (χ0) is 13.5. The second-order valence-corrected chi connectivity index (χ2v) is 4.71. The number of rotatable bonds is 7. The van der Waals surface area contributed by atoms with Crippen molar-refractivity contribution in [2.45, 2.75) is 39.5 Å². The van der Waals surface area contributed by atoms with Crippen LogP contribution in [0.4, 0.5) is 0 Å². The van der Waals surface area contributed by atoms with Gasteiger partial charge in [0.2, 0.25) is 0 Å². The average molecular weight is 271 g/mol. The molecule has 1 aromatic carbocycles. The molecule has 0 spiro atoms. The Balaban J connectivity index is 2.78. The van der Waals surface area contributed by atoms with E-state index in [1.54, 1.807) is 0 Å². The maximum atomic E-state index is 10.5. The summed E-state index contributed by atoms with van der Waals surface area (Å²) in [6, 6.07) is 3.80. The summed E-state index contributed by atoms with van der Waals surface area (Å²) in [7, 11) is 0. The number of carboxylic acids is 1. The van der Waals surface area contributed by atoms with Crippen molar-refractivity contribution in [3.63, 3.8) is 0 Å². The van der Waals surface area contributed by atoms with E-state index in [1.807, 2.05) is 26.0 Å². The van der Waals surface area contributed by atoms with E-state index in [0.29, 0.717) is 24.5 Å². The van der Waals surface area contributed by atoms with E-state index < -0.39 is 5.97 Å². The smallest absolute Gasteiger partial charge is 0.303 e. The van der Waals surface area contributed by atoms with Crippen molar-refractivity contribution in [1.29, 1.82) is 0 Å². The molecule has 1 N–H and O–H groups in total. The predicted octanol–water partition coefficient (Wildman–Crippen LogP) is 3.84. The van der Waals surface area contributed by atoms with Crippen LogP contribution in [0.15, 0.2) is 12.1 Å². The lowest BCUT2D eigenvalue weighted by Gasteiger charge is -2.12. The lowest BCUT2D eigenvalue weighted by atomic mass is 10.0. The highest BCUT2D eigenvalue weighted by Gasteiger charge is 2.08. The molecule has 1 aromatic rings. The molecule has 0 aromatic heterocycles. The van der Waals surface area contributed by atoms with E-state index in [2.05, 4.69) is 0 Å². The van der Waals surface area contributed by atoms with Gasteiger partial charge in [-0.3, -0.25) is 4.79 Å². The highest BCUT2D eigenvalue weighted by Crippen LogP contribution is 2.28. The fourth-order valence-corrected chi connectivity index (χ4v) is 1.85. The summed E-state index contributed by atoms with van der Waals surface area (Å²) < 4.78 is 5.67. The van der Waals surface area contributed by atoms with Crippen molar-refractivity contribution in [2.75, 3.05) is 6.61 Å². The van der Waals surface area contributed by atoms with Crippen LogP contribution < -0.4 is 4.74 Å². The minimum atomic E-state index is -0.774. The molecule has 0 atom stereocenters. The molecule has 0 aliphatic heterocycles. The molecule has 100 valence electrons. The topological polar surface area (TPSA) is 46.5 Å². The molecule has 0 heterocycles. The van der Waals surface area contributed by atoms with Crippen molar-refractivity contribution >= 4 is 17.6 Å². The van der Waals surface area contributed by atoms with Crippen LogP contribution in [0.1, 0.15) is 37.3 Å². The fraction of sp³-hybridized carbons (Fsp3) is 0.500. The largest absolute Gasteiger partial charge is 0.493 e. The average Bonchev–Trinajstić information content (AvgIpc) is 2.31. The van der Waals surface area contributed by atoms with E-state index >= 15 is 0 Å². The summed E-state index contributed by atoms with van der Waals surface area (Å²) in [4.78, 5) is 10.5. The first-order valence-corrected chi connectivity index (χ1v) is 6.56. The number of carboxylic acid groups (broad SMARTS) is 1. The van der Waals surface area contributed by atoms with Crippen molar-refractivity contribution in [3.05, 3.63) is 28.3 Å². The Bertz CT molecular complexity index is 416. The van der Waals surface area contributed by atoms with Crippen molar-refractivity contribution in [3.8, 4) is 5.75 Å².